The smallest absolute Gasteiger partial charge is 0.242 e. The molecule has 2 aromatic rings. The molecule has 0 saturated carbocycles. The van der Waals surface area contributed by atoms with Crippen LogP contribution in [0.15, 0.2) is 41.3 Å². The summed E-state index contributed by atoms with van der Waals surface area (Å²) < 4.78 is 63.4. The van der Waals surface area contributed by atoms with Gasteiger partial charge in [0.25, 0.3) is 0 Å². The molecule has 2 rings (SSSR count). The summed E-state index contributed by atoms with van der Waals surface area (Å²) >= 11 is 0. The minimum atomic E-state index is -4.05. The van der Waals surface area contributed by atoms with E-state index in [1.165, 1.54) is 39.3 Å². The average Bonchev–Trinajstić information content (AvgIpc) is 2.63. The van der Waals surface area contributed by atoms with E-state index in [1.54, 1.807) is 0 Å². The zero-order valence-electron chi connectivity index (χ0n) is 14.7. The summed E-state index contributed by atoms with van der Waals surface area (Å²) in [6.45, 7) is 1.31. The maximum Gasteiger partial charge on any atom is 0.242 e. The molecule has 0 fully saturated rings. The molecule has 0 aliphatic carbocycles. The highest BCUT2D eigenvalue weighted by Gasteiger charge is 2.23. The van der Waals surface area contributed by atoms with Crippen molar-refractivity contribution in [2.75, 3.05) is 19.5 Å². The summed E-state index contributed by atoms with van der Waals surface area (Å²) in [5.74, 6) is -2.38. The Morgan fingerprint density at radius 2 is 1.67 bits per heavy atom. The van der Waals surface area contributed by atoms with Crippen LogP contribution in [0, 0.1) is 11.6 Å². The second kappa shape index (κ2) is 8.31. The molecule has 2 N–H and O–H groups in total. The average molecular weight is 400 g/mol. The van der Waals surface area contributed by atoms with Crippen LogP contribution in [-0.4, -0.2) is 34.6 Å². The zero-order valence-corrected chi connectivity index (χ0v) is 15.6. The third-order valence-electron chi connectivity index (χ3n) is 3.58. The molecule has 0 bridgehead atoms. The fourth-order valence-electron chi connectivity index (χ4n) is 2.16. The Morgan fingerprint density at radius 1 is 1.00 bits per heavy atom. The largest absolute Gasteiger partial charge is 0.493 e. The summed E-state index contributed by atoms with van der Waals surface area (Å²) in [6, 6.07) is 5.58. The Bertz CT molecular complexity index is 950. The number of halogens is 2. The van der Waals surface area contributed by atoms with Crippen LogP contribution in [0.2, 0.25) is 0 Å². The summed E-state index contributed by atoms with van der Waals surface area (Å²) in [4.78, 5) is 12.0. The number of amides is 1. The van der Waals surface area contributed by atoms with Gasteiger partial charge in [-0.05, 0) is 31.2 Å². The molecule has 0 radical (unpaired) electrons. The van der Waals surface area contributed by atoms with Crippen molar-refractivity contribution in [1.82, 2.24) is 4.72 Å². The SMILES string of the molecule is COc1ccc(S(=O)(=O)NC(C)C(=O)Nc2ccc(F)c(F)c2)cc1OC. The number of methoxy groups -OCH3 is 2. The Labute approximate surface area is 155 Å². The van der Waals surface area contributed by atoms with Crippen LogP contribution >= 0.6 is 0 Å². The molecule has 0 spiro atoms. The summed E-state index contributed by atoms with van der Waals surface area (Å²) in [7, 11) is -1.28. The van der Waals surface area contributed by atoms with Crippen LogP contribution in [0.1, 0.15) is 6.92 Å². The highest BCUT2D eigenvalue weighted by molar-refractivity contribution is 7.89. The highest BCUT2D eigenvalue weighted by Crippen LogP contribution is 2.29. The lowest BCUT2D eigenvalue weighted by Gasteiger charge is -2.15. The van der Waals surface area contributed by atoms with Gasteiger partial charge in [0.15, 0.2) is 23.1 Å². The number of carbonyl (C=O) groups excluding carboxylic acids is 1. The van der Waals surface area contributed by atoms with Crippen LogP contribution in [0.3, 0.4) is 0 Å². The van der Waals surface area contributed by atoms with Gasteiger partial charge in [-0.15, -0.1) is 0 Å². The highest BCUT2D eigenvalue weighted by atomic mass is 32.2. The predicted molar refractivity (Wildman–Crippen MR) is 94.3 cm³/mol. The van der Waals surface area contributed by atoms with Gasteiger partial charge in [-0.25, -0.2) is 17.2 Å². The Kier molecular flexibility index (Phi) is 6.34. The number of anilines is 1. The summed E-state index contributed by atoms with van der Waals surface area (Å²) in [5.41, 5.74) is -0.00364. The molecule has 0 aliphatic rings. The molecule has 27 heavy (non-hydrogen) atoms. The number of nitrogens with one attached hydrogen (secondary N) is 2. The van der Waals surface area contributed by atoms with Gasteiger partial charge < -0.3 is 14.8 Å². The van der Waals surface area contributed by atoms with Crippen LogP contribution in [-0.2, 0) is 14.8 Å². The number of benzene rings is 2. The first-order valence-corrected chi connectivity index (χ1v) is 9.16. The van der Waals surface area contributed by atoms with E-state index in [1.807, 2.05) is 0 Å². The van der Waals surface area contributed by atoms with Crippen molar-refractivity contribution in [1.29, 1.82) is 0 Å². The predicted octanol–water partition coefficient (Wildman–Crippen LogP) is 2.29. The number of rotatable bonds is 7. The van der Waals surface area contributed by atoms with Crippen molar-refractivity contribution in [3.05, 3.63) is 48.0 Å². The van der Waals surface area contributed by atoms with Crippen molar-refractivity contribution in [2.45, 2.75) is 17.9 Å². The fourth-order valence-corrected chi connectivity index (χ4v) is 3.38. The second-order valence-electron chi connectivity index (χ2n) is 5.48. The van der Waals surface area contributed by atoms with Crippen molar-refractivity contribution >= 4 is 21.6 Å². The molecule has 1 atom stereocenters. The molecular weight excluding hydrogens is 382 g/mol. The summed E-state index contributed by atoms with van der Waals surface area (Å²) in [5, 5.41) is 2.31. The van der Waals surface area contributed by atoms with Gasteiger partial charge in [0, 0.05) is 17.8 Å². The quantitative estimate of drug-likeness (QED) is 0.744. The number of hydrogen-bond donors (Lipinski definition) is 2. The Balaban J connectivity index is 2.14. The number of sulfonamides is 1. The molecule has 0 aromatic heterocycles. The van der Waals surface area contributed by atoms with E-state index >= 15 is 0 Å². The van der Waals surface area contributed by atoms with E-state index in [4.69, 9.17) is 9.47 Å². The van der Waals surface area contributed by atoms with Gasteiger partial charge in [-0.2, -0.15) is 4.72 Å². The van der Waals surface area contributed by atoms with E-state index in [-0.39, 0.29) is 16.3 Å². The molecule has 10 heteroatoms. The Morgan fingerprint density at radius 3 is 2.26 bits per heavy atom. The van der Waals surface area contributed by atoms with E-state index in [0.717, 1.165) is 18.2 Å². The number of hydrogen-bond acceptors (Lipinski definition) is 5. The molecular formula is C17H18F2N2O5S. The minimum absolute atomic E-state index is 0.00364. The molecule has 1 amide bonds. The fraction of sp³-hybridized carbons (Fsp3) is 0.235. The van der Waals surface area contributed by atoms with Crippen molar-refractivity contribution in [3.8, 4) is 11.5 Å². The van der Waals surface area contributed by atoms with E-state index in [9.17, 15) is 22.0 Å². The molecule has 1 unspecified atom stereocenters. The van der Waals surface area contributed by atoms with E-state index in [0.29, 0.717) is 5.75 Å². The van der Waals surface area contributed by atoms with Crippen molar-refractivity contribution < 1.29 is 31.5 Å². The van der Waals surface area contributed by atoms with Crippen LogP contribution in [0.4, 0.5) is 14.5 Å². The van der Waals surface area contributed by atoms with Gasteiger partial charge in [0.1, 0.15) is 0 Å². The second-order valence-corrected chi connectivity index (χ2v) is 7.19. The van der Waals surface area contributed by atoms with Gasteiger partial charge in [0.05, 0.1) is 25.2 Å². The van der Waals surface area contributed by atoms with E-state index in [2.05, 4.69) is 10.0 Å². The number of carbonyl (C=O) groups is 1. The lowest BCUT2D eigenvalue weighted by molar-refractivity contribution is -0.117. The third-order valence-corrected chi connectivity index (χ3v) is 5.12. The minimum Gasteiger partial charge on any atom is -0.493 e. The van der Waals surface area contributed by atoms with Gasteiger partial charge in [-0.3, -0.25) is 4.79 Å². The third kappa shape index (κ3) is 4.92. The van der Waals surface area contributed by atoms with Crippen LogP contribution in [0.5, 0.6) is 11.5 Å². The van der Waals surface area contributed by atoms with Gasteiger partial charge in [0.2, 0.25) is 15.9 Å². The molecule has 7 nitrogen and oxygen atoms in total. The maximum absolute atomic E-state index is 13.2. The number of ether oxygens (including phenoxy) is 2. The Hall–Kier alpha value is -2.72. The molecule has 146 valence electrons. The van der Waals surface area contributed by atoms with Gasteiger partial charge >= 0.3 is 0 Å². The first-order chi connectivity index (χ1) is 12.7. The lowest BCUT2D eigenvalue weighted by Crippen LogP contribution is -2.41. The van der Waals surface area contributed by atoms with Crippen molar-refractivity contribution in [3.63, 3.8) is 0 Å². The molecule has 0 saturated heterocycles. The summed E-state index contributed by atoms with van der Waals surface area (Å²) in [6.07, 6.45) is 0. The first kappa shape index (κ1) is 20.6. The first-order valence-electron chi connectivity index (χ1n) is 7.68. The monoisotopic (exact) mass is 400 g/mol. The van der Waals surface area contributed by atoms with Crippen LogP contribution in [0.25, 0.3) is 0 Å². The standard InChI is InChI=1S/C17H18F2N2O5S/c1-10(17(22)20-11-4-6-13(18)14(19)8-11)21-27(23,24)12-5-7-15(25-2)16(9-12)26-3/h4-10,21H,1-3H3,(H,20,22). The lowest BCUT2D eigenvalue weighted by atomic mass is 10.2. The van der Waals surface area contributed by atoms with E-state index < -0.39 is 33.6 Å². The molecule has 0 aliphatic heterocycles. The topological polar surface area (TPSA) is 93.7 Å². The van der Waals surface area contributed by atoms with Crippen LogP contribution < -0.4 is 19.5 Å². The molecule has 0 heterocycles. The zero-order chi connectivity index (χ0) is 20.2. The van der Waals surface area contributed by atoms with Crippen molar-refractivity contribution in [2.24, 2.45) is 0 Å². The normalized spacial score (nSPS) is 12.3. The molecule has 2 aromatic carbocycles. The van der Waals surface area contributed by atoms with Gasteiger partial charge in [-0.1, -0.05) is 0 Å². The maximum atomic E-state index is 13.2.